The van der Waals surface area contributed by atoms with Crippen LogP contribution in [0.4, 0.5) is 0 Å². The molecule has 0 aromatic heterocycles. The molecule has 0 aliphatic rings. The van der Waals surface area contributed by atoms with Crippen molar-refractivity contribution in [3.63, 3.8) is 0 Å². The summed E-state index contributed by atoms with van der Waals surface area (Å²) in [5.74, 6) is 0.0112. The summed E-state index contributed by atoms with van der Waals surface area (Å²) < 4.78 is 0.608. The second-order valence-electron chi connectivity index (χ2n) is 3.95. The first-order valence-electron chi connectivity index (χ1n) is 5.71. The van der Waals surface area contributed by atoms with Crippen molar-refractivity contribution in [3.8, 4) is 5.75 Å². The van der Waals surface area contributed by atoms with Gasteiger partial charge in [0.15, 0.2) is 5.78 Å². The van der Waals surface area contributed by atoms with Gasteiger partial charge in [-0.15, -0.1) is 0 Å². The quantitative estimate of drug-likeness (QED) is 0.271. The van der Waals surface area contributed by atoms with Crippen molar-refractivity contribution in [2.75, 3.05) is 0 Å². The second-order valence-corrected chi connectivity index (χ2v) is 7.86. The Hall–Kier alpha value is -0.650. The van der Waals surface area contributed by atoms with Crippen molar-refractivity contribution in [1.29, 1.82) is 0 Å². The summed E-state index contributed by atoms with van der Waals surface area (Å²) in [7, 11) is 0. The fourth-order valence-electron chi connectivity index (χ4n) is 1.45. The van der Waals surface area contributed by atoms with Gasteiger partial charge in [-0.05, 0) is 42.8 Å². The average Bonchev–Trinajstić information content (AvgIpc) is 2.39. The number of Topliss-reactive ketones (excluding diaryl/α,β-unsaturated/α-hetero) is 1. The normalized spacial score (nSPS) is 12.7. The second kappa shape index (κ2) is 7.96. The van der Waals surface area contributed by atoms with Gasteiger partial charge in [0.1, 0.15) is 5.75 Å². The number of aromatic hydroxyl groups is 1. The molecule has 1 N–H and O–H groups in total. The molecule has 0 spiro atoms. The minimum absolute atomic E-state index is 0.0515. The molecule has 1 aromatic rings. The van der Waals surface area contributed by atoms with E-state index in [-0.39, 0.29) is 15.3 Å². The molecule has 0 saturated heterocycles. The first-order chi connectivity index (χ1) is 9.36. The molecular weight excluding hydrogens is 452 g/mol. The SMILES string of the molecule is C=C(/C=C(Br)\C(=C/C)C(=O)c1ccc(O)cc1)C(Br)Br. The molecule has 0 radical (unpaired) electrons. The molecule has 0 saturated carbocycles. The molecule has 1 aromatic carbocycles. The average molecular weight is 465 g/mol. The van der Waals surface area contributed by atoms with Crippen molar-refractivity contribution >= 4 is 53.6 Å². The van der Waals surface area contributed by atoms with Gasteiger partial charge in [0, 0.05) is 15.6 Å². The lowest BCUT2D eigenvalue weighted by Gasteiger charge is -2.08. The van der Waals surface area contributed by atoms with Crippen LogP contribution in [0.2, 0.25) is 0 Å². The van der Waals surface area contributed by atoms with E-state index in [0.29, 0.717) is 15.6 Å². The number of benzene rings is 1. The third-order valence-corrected chi connectivity index (χ3v) is 4.34. The predicted molar refractivity (Wildman–Crippen MR) is 94.0 cm³/mol. The molecule has 106 valence electrons. The van der Waals surface area contributed by atoms with Gasteiger partial charge in [0.25, 0.3) is 0 Å². The summed E-state index contributed by atoms with van der Waals surface area (Å²) >= 11 is 10.1. The standard InChI is InChI=1S/C15H13Br3O2/c1-3-12(13(16)8-9(2)15(17)18)14(20)10-4-6-11(19)7-5-10/h3-8,15,19H,2H2,1H3/b12-3+,13-8+. The van der Waals surface area contributed by atoms with Crippen molar-refractivity contribution < 1.29 is 9.90 Å². The summed E-state index contributed by atoms with van der Waals surface area (Å²) in [4.78, 5) is 12.4. The maximum atomic E-state index is 12.4. The molecule has 0 heterocycles. The Bertz CT molecular complexity index is 569. The van der Waals surface area contributed by atoms with Gasteiger partial charge in [-0.3, -0.25) is 4.79 Å². The van der Waals surface area contributed by atoms with Gasteiger partial charge in [-0.2, -0.15) is 0 Å². The Kier molecular flexibility index (Phi) is 6.92. The number of halogens is 3. The van der Waals surface area contributed by atoms with E-state index in [1.807, 2.05) is 0 Å². The molecule has 0 atom stereocenters. The van der Waals surface area contributed by atoms with Crippen LogP contribution in [0.5, 0.6) is 5.75 Å². The smallest absolute Gasteiger partial charge is 0.193 e. The lowest BCUT2D eigenvalue weighted by molar-refractivity contribution is 0.103. The Labute approximate surface area is 143 Å². The topological polar surface area (TPSA) is 37.3 Å². The van der Waals surface area contributed by atoms with Crippen LogP contribution in [-0.4, -0.2) is 14.6 Å². The number of phenols is 1. The lowest BCUT2D eigenvalue weighted by Crippen LogP contribution is -2.04. The van der Waals surface area contributed by atoms with Crippen LogP contribution < -0.4 is 0 Å². The van der Waals surface area contributed by atoms with Gasteiger partial charge in [-0.1, -0.05) is 60.4 Å². The Morgan fingerprint density at radius 1 is 1.30 bits per heavy atom. The zero-order chi connectivity index (χ0) is 15.3. The summed E-state index contributed by atoms with van der Waals surface area (Å²) in [6, 6.07) is 6.16. The third kappa shape index (κ3) is 4.72. The molecule has 0 unspecified atom stereocenters. The maximum absolute atomic E-state index is 12.4. The zero-order valence-corrected chi connectivity index (χ0v) is 15.5. The Balaban J connectivity index is 3.05. The van der Waals surface area contributed by atoms with Crippen LogP contribution in [0.3, 0.4) is 0 Å². The number of alkyl halides is 2. The van der Waals surface area contributed by atoms with Crippen molar-refractivity contribution in [2.24, 2.45) is 0 Å². The van der Waals surface area contributed by atoms with E-state index in [1.165, 1.54) is 12.1 Å². The fourth-order valence-corrected chi connectivity index (χ4v) is 2.42. The number of ketones is 1. The lowest BCUT2D eigenvalue weighted by atomic mass is 10.0. The Morgan fingerprint density at radius 3 is 2.30 bits per heavy atom. The molecule has 0 bridgehead atoms. The van der Waals surface area contributed by atoms with E-state index in [9.17, 15) is 9.90 Å². The molecular formula is C15H13Br3O2. The highest BCUT2D eigenvalue weighted by Crippen LogP contribution is 2.27. The van der Waals surface area contributed by atoms with Gasteiger partial charge < -0.3 is 5.11 Å². The molecule has 0 aliphatic heterocycles. The fraction of sp³-hybridized carbons (Fsp3) is 0.133. The molecule has 0 amide bonds. The Morgan fingerprint density at radius 2 is 1.85 bits per heavy atom. The van der Waals surface area contributed by atoms with Gasteiger partial charge in [0.05, 0.1) is 3.74 Å². The number of carbonyl (C=O) groups excluding carboxylic acids is 1. The van der Waals surface area contributed by atoms with Crippen LogP contribution in [0.1, 0.15) is 17.3 Å². The summed E-state index contributed by atoms with van der Waals surface area (Å²) in [5.41, 5.74) is 1.84. The highest BCUT2D eigenvalue weighted by Gasteiger charge is 2.15. The summed E-state index contributed by atoms with van der Waals surface area (Å²) in [5, 5.41) is 9.25. The first-order valence-corrected chi connectivity index (χ1v) is 8.33. The first kappa shape index (κ1) is 17.4. The molecule has 1 rings (SSSR count). The maximum Gasteiger partial charge on any atom is 0.193 e. The highest BCUT2D eigenvalue weighted by molar-refractivity contribution is 9.24. The number of phenolic OH excluding ortho intramolecular Hbond substituents is 1. The van der Waals surface area contributed by atoms with Crippen LogP contribution in [0, 0.1) is 0 Å². The van der Waals surface area contributed by atoms with E-state index in [2.05, 4.69) is 54.4 Å². The van der Waals surface area contributed by atoms with Crippen molar-refractivity contribution in [1.82, 2.24) is 0 Å². The molecule has 2 nitrogen and oxygen atoms in total. The minimum Gasteiger partial charge on any atom is -0.508 e. The van der Waals surface area contributed by atoms with Crippen molar-refractivity contribution in [3.05, 3.63) is 64.2 Å². The van der Waals surface area contributed by atoms with E-state index in [0.717, 1.165) is 5.57 Å². The third-order valence-electron chi connectivity index (χ3n) is 2.51. The van der Waals surface area contributed by atoms with Crippen LogP contribution in [-0.2, 0) is 0 Å². The molecule has 5 heteroatoms. The van der Waals surface area contributed by atoms with E-state index < -0.39 is 0 Å². The predicted octanol–water partition coefficient (Wildman–Crippen LogP) is 5.47. The van der Waals surface area contributed by atoms with Crippen molar-refractivity contribution in [2.45, 2.75) is 10.7 Å². The molecule has 20 heavy (non-hydrogen) atoms. The van der Waals surface area contributed by atoms with Gasteiger partial charge >= 0.3 is 0 Å². The largest absolute Gasteiger partial charge is 0.508 e. The number of allylic oxidation sites excluding steroid dienone is 5. The number of carbonyl (C=O) groups is 1. The number of hydrogen-bond donors (Lipinski definition) is 1. The van der Waals surface area contributed by atoms with Gasteiger partial charge in [-0.25, -0.2) is 0 Å². The number of hydrogen-bond acceptors (Lipinski definition) is 2. The number of rotatable bonds is 5. The summed E-state index contributed by atoms with van der Waals surface area (Å²) in [6.45, 7) is 5.68. The van der Waals surface area contributed by atoms with Crippen LogP contribution in [0.15, 0.2) is 58.6 Å². The molecule has 0 fully saturated rings. The van der Waals surface area contributed by atoms with Crippen LogP contribution >= 0.6 is 47.8 Å². The van der Waals surface area contributed by atoms with E-state index >= 15 is 0 Å². The van der Waals surface area contributed by atoms with Crippen LogP contribution in [0.25, 0.3) is 0 Å². The highest BCUT2D eigenvalue weighted by atomic mass is 79.9. The van der Waals surface area contributed by atoms with E-state index in [4.69, 9.17) is 0 Å². The monoisotopic (exact) mass is 462 g/mol. The van der Waals surface area contributed by atoms with E-state index in [1.54, 1.807) is 31.2 Å². The minimum atomic E-state index is -0.121. The molecule has 0 aliphatic carbocycles. The zero-order valence-electron chi connectivity index (χ0n) is 10.7. The van der Waals surface area contributed by atoms with Gasteiger partial charge in [0.2, 0.25) is 0 Å². The summed E-state index contributed by atoms with van der Waals surface area (Å²) in [6.07, 6.45) is 3.52.